The number of hydrogen-bond donors (Lipinski definition) is 1. The van der Waals surface area contributed by atoms with Gasteiger partial charge in [0, 0.05) is 0 Å². The first kappa shape index (κ1) is 5.06. The normalized spacial score (nSPS) is 9.86. The van der Waals surface area contributed by atoms with Crippen LogP contribution < -0.4 is 4.25 Å². The molecular weight excluding hydrogens is 264 g/mol. The summed E-state index contributed by atoms with van der Waals surface area (Å²) < 4.78 is 1.44. The van der Waals surface area contributed by atoms with Crippen molar-refractivity contribution in [3.8, 4) is 0 Å². The fraction of sp³-hybridized carbons (Fsp3) is 0.200. The molecule has 0 atom stereocenters. The van der Waals surface area contributed by atoms with Gasteiger partial charge in [-0.3, -0.25) is 0 Å². The van der Waals surface area contributed by atoms with Crippen molar-refractivity contribution >= 4 is 4.25 Å². The summed E-state index contributed by atoms with van der Waals surface area (Å²) in [5.41, 5.74) is 2.27. The van der Waals surface area contributed by atoms with Crippen LogP contribution in [0.1, 0.15) is 0 Å². The van der Waals surface area contributed by atoms with Crippen molar-refractivity contribution in [2.75, 3.05) is 0 Å². The van der Waals surface area contributed by atoms with Crippen LogP contribution in [0.3, 0.4) is 0 Å². The van der Waals surface area contributed by atoms with Crippen LogP contribution >= 0.6 is 0 Å². The summed E-state index contributed by atoms with van der Waals surface area (Å²) in [4.78, 5) is 3.15. The van der Waals surface area contributed by atoms with Gasteiger partial charge in [-0.1, -0.05) is 0 Å². The zero-order chi connectivity index (χ0) is 5.11. The Kier molecular flexibility index (Phi) is 1.65. The van der Waals surface area contributed by atoms with Gasteiger partial charge in [0.25, 0.3) is 0 Å². The molecular formula is C5H7NOs. The predicted octanol–water partition coefficient (Wildman–Crippen LogP) is 0.771. The van der Waals surface area contributed by atoms with Crippen molar-refractivity contribution in [3.63, 3.8) is 0 Å². The van der Waals surface area contributed by atoms with Crippen LogP contribution in [0.25, 0.3) is 0 Å². The molecule has 0 radical (unpaired) electrons. The van der Waals surface area contributed by atoms with Crippen molar-refractivity contribution in [1.82, 2.24) is 4.98 Å². The fourth-order valence-electron chi connectivity index (χ4n) is 0.414. The van der Waals surface area contributed by atoms with Gasteiger partial charge in [-0.2, -0.15) is 0 Å². The second kappa shape index (κ2) is 2.28. The minimum absolute atomic E-state index is 0.0779. The summed E-state index contributed by atoms with van der Waals surface area (Å²) in [5, 5.41) is 0. The van der Waals surface area contributed by atoms with E-state index in [1.165, 1.54) is 4.25 Å². The van der Waals surface area contributed by atoms with Gasteiger partial charge in [0.15, 0.2) is 0 Å². The van der Waals surface area contributed by atoms with Gasteiger partial charge in [0.05, 0.1) is 0 Å². The minimum atomic E-state index is 0.0779. The zero-order valence-corrected chi connectivity index (χ0v) is 6.63. The van der Waals surface area contributed by atoms with E-state index >= 15 is 0 Å². The number of nitrogens with one attached hydrogen (secondary N) is 1. The van der Waals surface area contributed by atoms with Gasteiger partial charge >= 0.3 is 50.4 Å². The first-order valence-corrected chi connectivity index (χ1v) is 5.83. The summed E-state index contributed by atoms with van der Waals surface area (Å²) in [5.74, 6) is 0. The maximum atomic E-state index is 3.15. The Morgan fingerprint density at radius 3 is 2.86 bits per heavy atom. The Hall–Kier alpha value is -0.0836. The molecule has 0 fully saturated rings. The first-order valence-electron chi connectivity index (χ1n) is 2.02. The summed E-state index contributed by atoms with van der Waals surface area (Å²) in [6, 6.07) is 4.19. The molecule has 0 bridgehead atoms. The molecule has 0 aliphatic heterocycles. The van der Waals surface area contributed by atoms with Crippen molar-refractivity contribution < 1.29 is 17.4 Å². The van der Waals surface area contributed by atoms with Gasteiger partial charge in [-0.25, -0.2) is 0 Å². The SMILES string of the molecule is [CH3][Os][c]1ccc[nH]1. The van der Waals surface area contributed by atoms with E-state index in [2.05, 4.69) is 16.5 Å². The van der Waals surface area contributed by atoms with E-state index in [9.17, 15) is 0 Å². The number of aromatic amines is 1. The van der Waals surface area contributed by atoms with Crippen molar-refractivity contribution in [2.45, 2.75) is 5.48 Å². The van der Waals surface area contributed by atoms with Crippen LogP contribution in [0.5, 0.6) is 0 Å². The fourth-order valence-corrected chi connectivity index (χ4v) is 1.66. The molecule has 2 heteroatoms. The molecule has 0 unspecified atom stereocenters. The average molecular weight is 271 g/mol. The molecule has 0 aliphatic carbocycles. The van der Waals surface area contributed by atoms with Crippen molar-refractivity contribution in [2.24, 2.45) is 0 Å². The molecule has 7 heavy (non-hydrogen) atoms. The third kappa shape index (κ3) is 1.14. The molecule has 1 heterocycles. The second-order valence-electron chi connectivity index (χ2n) is 1.18. The molecule has 1 nitrogen and oxygen atoms in total. The first-order chi connectivity index (χ1) is 3.43. The van der Waals surface area contributed by atoms with Crippen LogP contribution in [-0.4, -0.2) is 4.98 Å². The topological polar surface area (TPSA) is 15.8 Å². The van der Waals surface area contributed by atoms with E-state index in [-0.39, 0.29) is 17.4 Å². The zero-order valence-electron chi connectivity index (χ0n) is 4.09. The third-order valence-corrected chi connectivity index (χ3v) is 2.90. The Morgan fingerprint density at radius 2 is 2.57 bits per heavy atom. The molecule has 0 spiro atoms. The van der Waals surface area contributed by atoms with Crippen LogP contribution in [0.15, 0.2) is 18.3 Å². The Morgan fingerprint density at radius 1 is 1.71 bits per heavy atom. The van der Waals surface area contributed by atoms with Gasteiger partial charge in [-0.15, -0.1) is 0 Å². The molecule has 0 saturated heterocycles. The summed E-state index contributed by atoms with van der Waals surface area (Å²) in [6.45, 7) is 0. The molecule has 0 aromatic carbocycles. The Balaban J connectivity index is 2.76. The van der Waals surface area contributed by atoms with E-state index in [1.54, 1.807) is 0 Å². The average Bonchev–Trinajstić information content (AvgIpc) is 2.14. The Labute approximate surface area is 50.9 Å². The summed E-state index contributed by atoms with van der Waals surface area (Å²) >= 11 is 0.0779. The van der Waals surface area contributed by atoms with Gasteiger partial charge in [-0.05, 0) is 0 Å². The molecule has 0 amide bonds. The molecule has 1 aromatic rings. The molecule has 1 N–H and O–H groups in total. The second-order valence-corrected chi connectivity index (χ2v) is 3.82. The number of hydrogen-bond acceptors (Lipinski definition) is 0. The maximum absolute atomic E-state index is 3.15. The molecule has 1 rings (SSSR count). The number of H-pyrrole nitrogens is 1. The van der Waals surface area contributed by atoms with E-state index in [4.69, 9.17) is 0 Å². The third-order valence-electron chi connectivity index (χ3n) is 0.743. The van der Waals surface area contributed by atoms with Gasteiger partial charge in [0.2, 0.25) is 0 Å². The van der Waals surface area contributed by atoms with Gasteiger partial charge < -0.3 is 0 Å². The van der Waals surface area contributed by atoms with E-state index in [0.717, 1.165) is 0 Å². The van der Waals surface area contributed by atoms with E-state index < -0.39 is 0 Å². The van der Waals surface area contributed by atoms with Crippen molar-refractivity contribution in [3.05, 3.63) is 18.3 Å². The predicted molar refractivity (Wildman–Crippen MR) is 26.3 cm³/mol. The number of rotatable bonds is 1. The molecule has 0 saturated carbocycles. The summed E-state index contributed by atoms with van der Waals surface area (Å²) in [7, 11) is 0. The van der Waals surface area contributed by atoms with Gasteiger partial charge in [0.1, 0.15) is 0 Å². The van der Waals surface area contributed by atoms with E-state index in [1.807, 2.05) is 12.3 Å². The number of aromatic nitrogens is 1. The van der Waals surface area contributed by atoms with Crippen LogP contribution in [0.4, 0.5) is 0 Å². The van der Waals surface area contributed by atoms with Crippen molar-refractivity contribution in [1.29, 1.82) is 0 Å². The Bertz CT molecular complexity index is 123. The molecule has 40 valence electrons. The standard InChI is InChI=1S/C4H4N.CH3.Os/c1-2-4-5-3-1;;/h1-3,5H;1H3;. The van der Waals surface area contributed by atoms with Crippen LogP contribution in [0.2, 0.25) is 5.48 Å². The van der Waals surface area contributed by atoms with Crippen LogP contribution in [0, 0.1) is 0 Å². The van der Waals surface area contributed by atoms with E-state index in [0.29, 0.717) is 0 Å². The molecule has 1 aromatic heterocycles. The molecule has 0 aliphatic rings. The summed E-state index contributed by atoms with van der Waals surface area (Å²) in [6.07, 6.45) is 1.98. The monoisotopic (exact) mass is 273 g/mol. The quantitative estimate of drug-likeness (QED) is 0.776. The van der Waals surface area contributed by atoms with Crippen LogP contribution in [-0.2, 0) is 17.4 Å².